The zero-order valence-corrected chi connectivity index (χ0v) is 16.6. The number of nitrogens with one attached hydrogen (secondary N) is 1. The zero-order chi connectivity index (χ0) is 19.6. The Balaban J connectivity index is 0.00000364. The van der Waals surface area contributed by atoms with Gasteiger partial charge in [0.15, 0.2) is 6.29 Å². The Bertz CT molecular complexity index is 573. The van der Waals surface area contributed by atoms with E-state index in [-0.39, 0.29) is 29.6 Å². The maximum absolute atomic E-state index is 11.2. The number of ether oxygens (including phenoxy) is 3. The number of carboxylic acid groups (broad SMARTS) is 1. The summed E-state index contributed by atoms with van der Waals surface area (Å²) in [7, 11) is 0. The number of carboxylic acids is 1. The molecule has 13 heteroatoms. The van der Waals surface area contributed by atoms with Crippen LogP contribution in [0.3, 0.4) is 0 Å². The monoisotopic (exact) mass is 401 g/mol. The van der Waals surface area contributed by atoms with Crippen molar-refractivity contribution in [3.63, 3.8) is 0 Å². The fourth-order valence-electron chi connectivity index (χ4n) is 2.67. The van der Waals surface area contributed by atoms with Gasteiger partial charge in [-0.1, -0.05) is 0 Å². The number of amides is 1. The van der Waals surface area contributed by atoms with E-state index in [9.17, 15) is 40.2 Å². The normalized spacial score (nSPS) is 38.8. The third-order valence-corrected chi connectivity index (χ3v) is 3.93. The van der Waals surface area contributed by atoms with Crippen molar-refractivity contribution in [2.45, 2.75) is 56.1 Å². The number of aliphatic carboxylic acids is 1. The van der Waals surface area contributed by atoms with E-state index in [1.54, 1.807) is 0 Å². The summed E-state index contributed by atoms with van der Waals surface area (Å²) in [6.07, 6.45) is -10.5. The van der Waals surface area contributed by atoms with Crippen LogP contribution in [0.25, 0.3) is 0 Å². The minimum Gasteiger partial charge on any atom is -0.542 e. The molecule has 2 aliphatic heterocycles. The summed E-state index contributed by atoms with van der Waals surface area (Å²) in [4.78, 5) is 22.1. The molecule has 2 heterocycles. The summed E-state index contributed by atoms with van der Waals surface area (Å²) < 4.78 is 15.3. The minimum absolute atomic E-state index is 0. The minimum atomic E-state index is -1.77. The average Bonchev–Trinajstić information content (AvgIpc) is 2.56. The van der Waals surface area contributed by atoms with Crippen molar-refractivity contribution in [3.8, 4) is 0 Å². The molecule has 0 aromatic carbocycles. The maximum Gasteiger partial charge on any atom is 1.00 e. The molecule has 0 bridgehead atoms. The zero-order valence-electron chi connectivity index (χ0n) is 14.6. The summed E-state index contributed by atoms with van der Waals surface area (Å²) in [5, 5.41) is 62.3. The molecule has 2 rings (SSSR count). The summed E-state index contributed by atoms with van der Waals surface area (Å²) in [5.74, 6) is -3.15. The summed E-state index contributed by atoms with van der Waals surface area (Å²) in [6.45, 7) is 0.412. The van der Waals surface area contributed by atoms with E-state index < -0.39 is 73.4 Å². The van der Waals surface area contributed by atoms with Crippen LogP contribution in [0.4, 0.5) is 0 Å². The third-order valence-electron chi connectivity index (χ3n) is 3.93. The van der Waals surface area contributed by atoms with Crippen LogP contribution in [-0.2, 0) is 23.8 Å². The second kappa shape index (κ2) is 10.1. The summed E-state index contributed by atoms with van der Waals surface area (Å²) >= 11 is 0. The number of hydrogen-bond donors (Lipinski definition) is 6. The fourth-order valence-corrected chi connectivity index (χ4v) is 2.67. The van der Waals surface area contributed by atoms with Crippen LogP contribution < -0.4 is 40.0 Å². The molecule has 12 nitrogen and oxygen atoms in total. The first kappa shape index (κ1) is 24.2. The van der Waals surface area contributed by atoms with E-state index >= 15 is 0 Å². The summed E-state index contributed by atoms with van der Waals surface area (Å²) in [5.41, 5.74) is 0. The Morgan fingerprint density at radius 3 is 2.41 bits per heavy atom. The molecule has 0 saturated carbocycles. The van der Waals surface area contributed by atoms with Crippen LogP contribution in [0, 0.1) is 0 Å². The van der Waals surface area contributed by atoms with Crippen molar-refractivity contribution in [1.29, 1.82) is 0 Å². The van der Waals surface area contributed by atoms with E-state index in [1.807, 2.05) is 0 Å². The van der Waals surface area contributed by atoms with Crippen molar-refractivity contribution < 1.29 is 84.0 Å². The topological polar surface area (TPSA) is 198 Å². The molecule has 0 aliphatic carbocycles. The van der Waals surface area contributed by atoms with Crippen molar-refractivity contribution in [3.05, 3.63) is 11.8 Å². The number of aliphatic hydroxyl groups is 5. The second-order valence-electron chi connectivity index (χ2n) is 5.85. The molecule has 8 atom stereocenters. The van der Waals surface area contributed by atoms with Crippen LogP contribution >= 0.6 is 0 Å². The molecule has 27 heavy (non-hydrogen) atoms. The number of aliphatic hydroxyl groups excluding tert-OH is 5. The molecule has 2 aliphatic rings. The molecular formula is C14H20NNaO11. The largest absolute Gasteiger partial charge is 1.00 e. The van der Waals surface area contributed by atoms with E-state index in [0.717, 1.165) is 6.92 Å². The molecule has 148 valence electrons. The van der Waals surface area contributed by atoms with Crippen LogP contribution in [0.2, 0.25) is 0 Å². The fraction of sp³-hybridized carbons (Fsp3) is 0.714. The SMILES string of the molecule is CC(=O)N[C@H]1C(O)O[C@H](CO)[C@@H](O[C@@H]2OC(C(=O)[O-])=C[C@H](O)[C@H]2O)[C@@H]1O.[Na+]. The number of hydrogen-bond acceptors (Lipinski definition) is 11. The molecule has 0 aromatic rings. The number of rotatable bonds is 5. The molecule has 0 aromatic heterocycles. The Morgan fingerprint density at radius 2 is 1.89 bits per heavy atom. The number of carbonyl (C=O) groups excluding carboxylic acids is 2. The first-order valence-electron chi connectivity index (χ1n) is 7.66. The second-order valence-corrected chi connectivity index (χ2v) is 5.85. The Morgan fingerprint density at radius 1 is 1.26 bits per heavy atom. The molecular weight excluding hydrogens is 381 g/mol. The predicted molar refractivity (Wildman–Crippen MR) is 76.4 cm³/mol. The molecule has 6 N–H and O–H groups in total. The summed E-state index contributed by atoms with van der Waals surface area (Å²) in [6, 6.07) is -1.33. The van der Waals surface area contributed by atoms with Gasteiger partial charge in [0.1, 0.15) is 48.3 Å². The van der Waals surface area contributed by atoms with Gasteiger partial charge in [-0.25, -0.2) is 0 Å². The van der Waals surface area contributed by atoms with Crippen LogP contribution in [0.15, 0.2) is 11.8 Å². The van der Waals surface area contributed by atoms with Gasteiger partial charge in [0.2, 0.25) is 12.2 Å². The van der Waals surface area contributed by atoms with Gasteiger partial charge >= 0.3 is 29.6 Å². The van der Waals surface area contributed by atoms with Crippen LogP contribution in [-0.4, -0.2) is 93.2 Å². The van der Waals surface area contributed by atoms with Crippen molar-refractivity contribution >= 4 is 11.9 Å². The van der Waals surface area contributed by atoms with Crippen LogP contribution in [0.5, 0.6) is 0 Å². The molecule has 1 fully saturated rings. The van der Waals surface area contributed by atoms with Gasteiger partial charge < -0.3 is 55.0 Å². The Kier molecular flexibility index (Phi) is 9.08. The van der Waals surface area contributed by atoms with Gasteiger partial charge in [-0.05, 0) is 6.08 Å². The average molecular weight is 401 g/mol. The van der Waals surface area contributed by atoms with Gasteiger partial charge in [0.05, 0.1) is 6.61 Å². The van der Waals surface area contributed by atoms with Gasteiger partial charge in [-0.3, -0.25) is 4.79 Å². The van der Waals surface area contributed by atoms with Gasteiger partial charge in [0, 0.05) is 6.92 Å². The van der Waals surface area contributed by atoms with Gasteiger partial charge in [0.25, 0.3) is 0 Å². The standard InChI is InChI=1S/C14H21NO11.Na/c1-4(17)15-8-10(20)11(7(3-16)24-13(8)23)26-14-9(19)5(18)2-6(25-14)12(21)22;/h2,5,7-11,13-14,16,18-20,23H,3H2,1H3,(H,15,17)(H,21,22);/q;+1/p-1/t5-,7+,8+,9+,10+,11+,13?,14-;/m0./s1. The van der Waals surface area contributed by atoms with E-state index in [1.165, 1.54) is 0 Å². The Hall–Kier alpha value is -0.800. The van der Waals surface area contributed by atoms with Gasteiger partial charge in [-0.2, -0.15) is 0 Å². The first-order valence-corrected chi connectivity index (χ1v) is 7.66. The Labute approximate surface area is 175 Å². The van der Waals surface area contributed by atoms with Crippen molar-refractivity contribution in [1.82, 2.24) is 5.32 Å². The first-order chi connectivity index (χ1) is 12.1. The maximum atomic E-state index is 11.2. The van der Waals surface area contributed by atoms with Gasteiger partial charge in [-0.15, -0.1) is 0 Å². The number of carbonyl (C=O) groups is 2. The molecule has 0 radical (unpaired) electrons. The predicted octanol–water partition coefficient (Wildman–Crippen LogP) is -8.34. The molecule has 1 unspecified atom stereocenters. The third kappa shape index (κ3) is 5.60. The molecule has 1 saturated heterocycles. The molecule has 0 spiro atoms. The molecule has 1 amide bonds. The van der Waals surface area contributed by atoms with E-state index in [0.29, 0.717) is 6.08 Å². The van der Waals surface area contributed by atoms with Crippen molar-refractivity contribution in [2.75, 3.05) is 6.61 Å². The van der Waals surface area contributed by atoms with Crippen LogP contribution in [0.1, 0.15) is 6.92 Å². The quantitative estimate of drug-likeness (QED) is 0.239. The van der Waals surface area contributed by atoms with Crippen molar-refractivity contribution in [2.24, 2.45) is 0 Å². The van der Waals surface area contributed by atoms with E-state index in [2.05, 4.69) is 5.32 Å². The smallest absolute Gasteiger partial charge is 0.542 e. The van der Waals surface area contributed by atoms with E-state index in [4.69, 9.17) is 14.2 Å².